The van der Waals surface area contributed by atoms with Crippen LogP contribution in [0.4, 0.5) is 0 Å². The predicted molar refractivity (Wildman–Crippen MR) is 66.0 cm³/mol. The number of nitrogens with zero attached hydrogens (tertiary/aromatic N) is 1. The lowest BCUT2D eigenvalue weighted by molar-refractivity contribution is 0.832. The molecule has 0 radical (unpaired) electrons. The van der Waals surface area contributed by atoms with Crippen LogP contribution >= 0.6 is 0 Å². The Bertz CT molecular complexity index is 234. The van der Waals surface area contributed by atoms with E-state index in [1.165, 1.54) is 11.1 Å². The Morgan fingerprint density at radius 2 is 2.14 bits per heavy atom. The number of rotatable bonds is 7. The van der Waals surface area contributed by atoms with E-state index in [1.54, 1.807) is 7.05 Å². The van der Waals surface area contributed by atoms with E-state index in [0.717, 1.165) is 25.7 Å². The first-order valence-corrected chi connectivity index (χ1v) is 5.16. The van der Waals surface area contributed by atoms with Gasteiger partial charge in [0.05, 0.1) is 0 Å². The Kier molecular flexibility index (Phi) is 7.81. The average molecular weight is 191 g/mol. The summed E-state index contributed by atoms with van der Waals surface area (Å²) in [5.41, 5.74) is 2.54. The molecule has 0 aliphatic carbocycles. The predicted octanol–water partition coefficient (Wildman–Crippen LogP) is 3.94. The Hall–Kier alpha value is -1.11. The SMILES string of the molecule is C=CCCCC(=C)/C(=C\C=NC)CC. The zero-order valence-corrected chi connectivity index (χ0v) is 9.42. The van der Waals surface area contributed by atoms with Gasteiger partial charge in [0.1, 0.15) is 0 Å². The topological polar surface area (TPSA) is 12.4 Å². The molecule has 0 atom stereocenters. The maximum absolute atomic E-state index is 4.09. The van der Waals surface area contributed by atoms with Gasteiger partial charge >= 0.3 is 0 Å². The van der Waals surface area contributed by atoms with E-state index in [1.807, 2.05) is 12.3 Å². The summed E-state index contributed by atoms with van der Waals surface area (Å²) in [5.74, 6) is 0. The maximum Gasteiger partial charge on any atom is 0.0277 e. The highest BCUT2D eigenvalue weighted by Crippen LogP contribution is 2.17. The Morgan fingerprint density at radius 3 is 2.64 bits per heavy atom. The number of aliphatic imine (C=N–C) groups is 1. The molecule has 0 fully saturated rings. The van der Waals surface area contributed by atoms with Crippen LogP contribution in [-0.2, 0) is 0 Å². The van der Waals surface area contributed by atoms with Crippen LogP contribution in [0.25, 0.3) is 0 Å². The minimum Gasteiger partial charge on any atom is -0.297 e. The number of hydrogen-bond acceptors (Lipinski definition) is 1. The fraction of sp³-hybridized carbons (Fsp3) is 0.462. The Labute approximate surface area is 87.9 Å². The molecule has 0 amide bonds. The fourth-order valence-electron chi connectivity index (χ4n) is 1.27. The van der Waals surface area contributed by atoms with Crippen molar-refractivity contribution >= 4 is 6.21 Å². The molecule has 0 aromatic carbocycles. The van der Waals surface area contributed by atoms with Crippen LogP contribution in [0.15, 0.2) is 41.4 Å². The molecule has 0 rings (SSSR count). The van der Waals surface area contributed by atoms with Crippen LogP contribution in [0.2, 0.25) is 0 Å². The van der Waals surface area contributed by atoms with Crippen LogP contribution in [0.5, 0.6) is 0 Å². The van der Waals surface area contributed by atoms with Crippen molar-refractivity contribution < 1.29 is 0 Å². The standard InChI is InChI=1S/C13H21N/c1-5-7-8-9-12(3)13(6-2)10-11-14-4/h5,10-11H,1,3,6-9H2,2,4H3/b13-10-,14-11?. The molecule has 0 aromatic rings. The van der Waals surface area contributed by atoms with Crippen molar-refractivity contribution in [1.29, 1.82) is 0 Å². The molecular weight excluding hydrogens is 170 g/mol. The minimum absolute atomic E-state index is 1.03. The van der Waals surface area contributed by atoms with E-state index in [2.05, 4.69) is 31.2 Å². The van der Waals surface area contributed by atoms with E-state index >= 15 is 0 Å². The van der Waals surface area contributed by atoms with E-state index in [0.29, 0.717) is 0 Å². The third-order valence-corrected chi connectivity index (χ3v) is 2.15. The van der Waals surface area contributed by atoms with Crippen molar-refractivity contribution in [1.82, 2.24) is 0 Å². The lowest BCUT2D eigenvalue weighted by atomic mass is 10.00. The molecule has 0 spiro atoms. The van der Waals surface area contributed by atoms with E-state index in [-0.39, 0.29) is 0 Å². The number of unbranched alkanes of at least 4 members (excludes halogenated alkanes) is 1. The van der Waals surface area contributed by atoms with Gasteiger partial charge in [-0.1, -0.05) is 25.2 Å². The highest BCUT2D eigenvalue weighted by molar-refractivity contribution is 5.73. The quantitative estimate of drug-likeness (QED) is 0.250. The third-order valence-electron chi connectivity index (χ3n) is 2.15. The summed E-state index contributed by atoms with van der Waals surface area (Å²) < 4.78 is 0. The van der Waals surface area contributed by atoms with Gasteiger partial charge < -0.3 is 0 Å². The summed E-state index contributed by atoms with van der Waals surface area (Å²) in [6.45, 7) is 9.94. The molecule has 0 unspecified atom stereocenters. The summed E-state index contributed by atoms with van der Waals surface area (Å²) in [5, 5.41) is 0. The van der Waals surface area contributed by atoms with E-state index in [4.69, 9.17) is 0 Å². The van der Waals surface area contributed by atoms with Crippen molar-refractivity contribution in [2.45, 2.75) is 32.6 Å². The van der Waals surface area contributed by atoms with Crippen molar-refractivity contribution in [3.63, 3.8) is 0 Å². The first-order chi connectivity index (χ1) is 6.76. The molecule has 78 valence electrons. The molecule has 0 aromatic heterocycles. The van der Waals surface area contributed by atoms with E-state index < -0.39 is 0 Å². The monoisotopic (exact) mass is 191 g/mol. The minimum atomic E-state index is 1.03. The lowest BCUT2D eigenvalue weighted by Crippen LogP contribution is -1.88. The van der Waals surface area contributed by atoms with Crippen molar-refractivity contribution in [2.75, 3.05) is 7.05 Å². The third kappa shape index (κ3) is 5.52. The van der Waals surface area contributed by atoms with Crippen molar-refractivity contribution in [3.05, 3.63) is 36.5 Å². The van der Waals surface area contributed by atoms with Crippen LogP contribution in [0, 0.1) is 0 Å². The molecule has 0 aliphatic rings. The Morgan fingerprint density at radius 1 is 1.43 bits per heavy atom. The first kappa shape index (κ1) is 12.9. The van der Waals surface area contributed by atoms with Crippen LogP contribution in [0.1, 0.15) is 32.6 Å². The van der Waals surface area contributed by atoms with Gasteiger partial charge in [-0.3, -0.25) is 4.99 Å². The molecule has 0 saturated heterocycles. The average Bonchev–Trinajstić information content (AvgIpc) is 2.19. The maximum atomic E-state index is 4.09. The van der Waals surface area contributed by atoms with Gasteiger partial charge in [0, 0.05) is 13.3 Å². The molecule has 14 heavy (non-hydrogen) atoms. The normalized spacial score (nSPS) is 12.0. The van der Waals surface area contributed by atoms with Crippen molar-refractivity contribution in [3.8, 4) is 0 Å². The van der Waals surface area contributed by atoms with Crippen LogP contribution in [-0.4, -0.2) is 13.3 Å². The largest absolute Gasteiger partial charge is 0.297 e. The Balaban J connectivity index is 4.10. The second-order valence-electron chi connectivity index (χ2n) is 3.24. The molecule has 0 bridgehead atoms. The molecule has 1 heteroatoms. The molecule has 0 aliphatic heterocycles. The van der Waals surface area contributed by atoms with Crippen molar-refractivity contribution in [2.24, 2.45) is 4.99 Å². The molecule has 1 nitrogen and oxygen atoms in total. The van der Waals surface area contributed by atoms with Gasteiger partial charge in [-0.25, -0.2) is 0 Å². The first-order valence-electron chi connectivity index (χ1n) is 5.16. The summed E-state index contributed by atoms with van der Waals surface area (Å²) in [6, 6.07) is 0. The summed E-state index contributed by atoms with van der Waals surface area (Å²) >= 11 is 0. The van der Waals surface area contributed by atoms with Gasteiger partial charge in [0.2, 0.25) is 0 Å². The molecule has 0 saturated carbocycles. The zero-order chi connectivity index (χ0) is 10.8. The summed E-state index contributed by atoms with van der Waals surface area (Å²) in [4.78, 5) is 3.94. The van der Waals surface area contributed by atoms with Crippen LogP contribution in [0.3, 0.4) is 0 Å². The van der Waals surface area contributed by atoms with Gasteiger partial charge in [0.25, 0.3) is 0 Å². The van der Waals surface area contributed by atoms with Gasteiger partial charge in [0.15, 0.2) is 0 Å². The lowest BCUT2D eigenvalue weighted by Gasteiger charge is -2.06. The van der Waals surface area contributed by atoms with Gasteiger partial charge in [-0.2, -0.15) is 0 Å². The van der Waals surface area contributed by atoms with Crippen LogP contribution < -0.4 is 0 Å². The molecule has 0 heterocycles. The second kappa shape index (κ2) is 8.49. The van der Waals surface area contributed by atoms with E-state index in [9.17, 15) is 0 Å². The van der Waals surface area contributed by atoms with Gasteiger partial charge in [-0.05, 0) is 37.3 Å². The highest BCUT2D eigenvalue weighted by atomic mass is 14.6. The smallest absolute Gasteiger partial charge is 0.0277 e. The summed E-state index contributed by atoms with van der Waals surface area (Å²) in [6.07, 6.45) is 10.1. The highest BCUT2D eigenvalue weighted by Gasteiger charge is 1.98. The zero-order valence-electron chi connectivity index (χ0n) is 9.42. The number of allylic oxidation sites excluding steroid dienone is 4. The number of hydrogen-bond donors (Lipinski definition) is 0. The molecular formula is C13H21N. The summed E-state index contributed by atoms with van der Waals surface area (Å²) in [7, 11) is 1.78. The molecule has 0 N–H and O–H groups in total. The second-order valence-corrected chi connectivity index (χ2v) is 3.24. The fourth-order valence-corrected chi connectivity index (χ4v) is 1.27. The van der Waals surface area contributed by atoms with Gasteiger partial charge in [-0.15, -0.1) is 6.58 Å².